The molecule has 7 heteroatoms. The molecule has 1 heterocycles. The molecular weight excluding hydrogens is 352 g/mol. The minimum atomic E-state index is -0.389. The quantitative estimate of drug-likeness (QED) is 0.735. The predicted octanol–water partition coefficient (Wildman–Crippen LogP) is 4.99. The number of pyridine rings is 1. The van der Waals surface area contributed by atoms with Gasteiger partial charge in [0.15, 0.2) is 5.15 Å². The van der Waals surface area contributed by atoms with Crippen molar-refractivity contribution in [2.75, 3.05) is 17.6 Å². The SMILES string of the molecule is CCN(C(=O)Oc1cccc(Nc2cc(C)nc(Cl)c2N)c1)C(C)(C)C. The van der Waals surface area contributed by atoms with Crippen LogP contribution in [0.1, 0.15) is 33.4 Å². The normalized spacial score (nSPS) is 11.2. The number of benzene rings is 1. The maximum absolute atomic E-state index is 12.4. The van der Waals surface area contributed by atoms with Gasteiger partial charge in [-0.1, -0.05) is 17.7 Å². The van der Waals surface area contributed by atoms with Crippen LogP contribution in [0, 0.1) is 6.92 Å². The first-order valence-corrected chi connectivity index (χ1v) is 8.78. The van der Waals surface area contributed by atoms with Gasteiger partial charge >= 0.3 is 6.09 Å². The summed E-state index contributed by atoms with van der Waals surface area (Å²) in [5.74, 6) is 0.443. The van der Waals surface area contributed by atoms with E-state index < -0.39 is 0 Å². The summed E-state index contributed by atoms with van der Waals surface area (Å²) < 4.78 is 5.53. The average molecular weight is 377 g/mol. The molecule has 0 unspecified atom stereocenters. The molecule has 0 aliphatic heterocycles. The zero-order chi connectivity index (χ0) is 19.5. The number of ether oxygens (including phenoxy) is 1. The van der Waals surface area contributed by atoms with E-state index in [0.29, 0.717) is 23.7 Å². The van der Waals surface area contributed by atoms with Gasteiger partial charge in [0.1, 0.15) is 5.75 Å². The van der Waals surface area contributed by atoms with Crippen LogP contribution in [0.5, 0.6) is 5.75 Å². The number of hydrogen-bond acceptors (Lipinski definition) is 5. The Morgan fingerprint density at radius 2 is 2.04 bits per heavy atom. The third-order valence-corrected chi connectivity index (χ3v) is 4.09. The van der Waals surface area contributed by atoms with Crippen LogP contribution in [0.4, 0.5) is 21.9 Å². The van der Waals surface area contributed by atoms with Crippen molar-refractivity contribution in [2.45, 2.75) is 40.2 Å². The molecule has 0 saturated heterocycles. The highest BCUT2D eigenvalue weighted by molar-refractivity contribution is 6.32. The van der Waals surface area contributed by atoms with Crippen LogP contribution >= 0.6 is 11.6 Å². The Kier molecular flexibility index (Phi) is 5.97. The number of halogens is 1. The first-order chi connectivity index (χ1) is 12.1. The standard InChI is InChI=1S/C19H25ClN4O2/c1-6-24(19(3,4)5)18(25)26-14-9-7-8-13(11-14)23-15-10-12(2)22-17(20)16(15)21/h7-11H,6,21H2,1-5H3,(H,22,23). The molecule has 3 N–H and O–H groups in total. The number of nitrogens with one attached hydrogen (secondary N) is 1. The fraction of sp³-hybridized carbons (Fsp3) is 0.368. The molecule has 0 radical (unpaired) electrons. The molecular formula is C19H25ClN4O2. The zero-order valence-electron chi connectivity index (χ0n) is 15.8. The molecule has 0 atom stereocenters. The molecule has 2 aromatic rings. The van der Waals surface area contributed by atoms with Gasteiger partial charge in [-0.25, -0.2) is 9.78 Å². The van der Waals surface area contributed by atoms with Crippen LogP contribution in [0.25, 0.3) is 0 Å². The second-order valence-corrected chi connectivity index (χ2v) is 7.31. The average Bonchev–Trinajstić information content (AvgIpc) is 2.51. The van der Waals surface area contributed by atoms with E-state index in [0.717, 1.165) is 11.4 Å². The zero-order valence-corrected chi connectivity index (χ0v) is 16.5. The Bertz CT molecular complexity index is 803. The maximum atomic E-state index is 12.4. The van der Waals surface area contributed by atoms with E-state index >= 15 is 0 Å². The van der Waals surface area contributed by atoms with Gasteiger partial charge in [0.05, 0.1) is 11.4 Å². The van der Waals surface area contributed by atoms with Crippen LogP contribution < -0.4 is 15.8 Å². The lowest BCUT2D eigenvalue weighted by molar-refractivity contribution is 0.111. The number of nitrogens with two attached hydrogens (primary N) is 1. The molecule has 0 fully saturated rings. The second-order valence-electron chi connectivity index (χ2n) is 6.95. The van der Waals surface area contributed by atoms with Gasteiger partial charge in [-0.15, -0.1) is 0 Å². The van der Waals surface area contributed by atoms with E-state index in [4.69, 9.17) is 22.1 Å². The van der Waals surface area contributed by atoms with Crippen LogP contribution in [0.15, 0.2) is 30.3 Å². The predicted molar refractivity (Wildman–Crippen MR) is 106 cm³/mol. The minimum absolute atomic E-state index is 0.249. The maximum Gasteiger partial charge on any atom is 0.415 e. The summed E-state index contributed by atoms with van der Waals surface area (Å²) in [6, 6.07) is 8.91. The summed E-state index contributed by atoms with van der Waals surface area (Å²) in [6.45, 7) is 10.2. The second kappa shape index (κ2) is 7.83. The van der Waals surface area contributed by atoms with Crippen LogP contribution in [0.2, 0.25) is 5.15 Å². The van der Waals surface area contributed by atoms with Gasteiger partial charge in [-0.2, -0.15) is 0 Å². The van der Waals surface area contributed by atoms with Crippen molar-refractivity contribution in [3.63, 3.8) is 0 Å². The highest BCUT2D eigenvalue weighted by Gasteiger charge is 2.26. The number of nitrogen functional groups attached to an aromatic ring is 1. The molecule has 1 amide bonds. The van der Waals surface area contributed by atoms with Crippen molar-refractivity contribution in [3.8, 4) is 5.75 Å². The van der Waals surface area contributed by atoms with Crippen molar-refractivity contribution in [2.24, 2.45) is 0 Å². The monoisotopic (exact) mass is 376 g/mol. The largest absolute Gasteiger partial charge is 0.415 e. The van der Waals surface area contributed by atoms with Gasteiger partial charge in [-0.05, 0) is 52.8 Å². The molecule has 26 heavy (non-hydrogen) atoms. The van der Waals surface area contributed by atoms with Gasteiger partial charge in [-0.3, -0.25) is 0 Å². The van der Waals surface area contributed by atoms with Crippen molar-refractivity contribution >= 4 is 34.8 Å². The summed E-state index contributed by atoms with van der Waals surface area (Å²) in [5.41, 5.74) is 8.14. The molecule has 1 aromatic heterocycles. The number of rotatable bonds is 4. The summed E-state index contributed by atoms with van der Waals surface area (Å²) in [7, 11) is 0. The summed E-state index contributed by atoms with van der Waals surface area (Å²) in [4.78, 5) is 18.2. The Morgan fingerprint density at radius 1 is 1.35 bits per heavy atom. The third-order valence-electron chi connectivity index (χ3n) is 3.80. The molecule has 0 bridgehead atoms. The number of aromatic nitrogens is 1. The smallest absolute Gasteiger partial charge is 0.410 e. The molecule has 140 valence electrons. The van der Waals surface area contributed by atoms with Crippen molar-refractivity contribution < 1.29 is 9.53 Å². The summed E-state index contributed by atoms with van der Waals surface area (Å²) >= 11 is 6.03. The Morgan fingerprint density at radius 3 is 2.65 bits per heavy atom. The number of anilines is 3. The van der Waals surface area contributed by atoms with Crippen molar-refractivity contribution in [1.29, 1.82) is 0 Å². The first kappa shape index (κ1) is 19.8. The van der Waals surface area contributed by atoms with E-state index in [1.165, 1.54) is 0 Å². The lowest BCUT2D eigenvalue weighted by atomic mass is 10.1. The van der Waals surface area contributed by atoms with E-state index in [1.807, 2.05) is 40.7 Å². The topological polar surface area (TPSA) is 80.5 Å². The van der Waals surface area contributed by atoms with E-state index in [2.05, 4.69) is 10.3 Å². The summed E-state index contributed by atoms with van der Waals surface area (Å²) in [5, 5.41) is 3.44. The number of nitrogens with zero attached hydrogens (tertiary/aromatic N) is 2. The highest BCUT2D eigenvalue weighted by Crippen LogP contribution is 2.30. The molecule has 2 rings (SSSR count). The van der Waals surface area contributed by atoms with Crippen LogP contribution in [-0.2, 0) is 0 Å². The van der Waals surface area contributed by atoms with Crippen LogP contribution in [0.3, 0.4) is 0 Å². The third kappa shape index (κ3) is 4.79. The Hall–Kier alpha value is -2.47. The number of aryl methyl sites for hydroxylation is 1. The molecule has 0 saturated carbocycles. The van der Waals surface area contributed by atoms with E-state index in [9.17, 15) is 4.79 Å². The number of carbonyl (C=O) groups is 1. The highest BCUT2D eigenvalue weighted by atomic mass is 35.5. The molecule has 0 aliphatic carbocycles. The van der Waals surface area contributed by atoms with Crippen molar-refractivity contribution in [1.82, 2.24) is 9.88 Å². The Balaban J connectivity index is 2.20. The molecule has 0 aliphatic rings. The number of carbonyl (C=O) groups excluding carboxylic acids is 1. The first-order valence-electron chi connectivity index (χ1n) is 8.41. The fourth-order valence-electron chi connectivity index (χ4n) is 2.57. The lowest BCUT2D eigenvalue weighted by Gasteiger charge is -2.33. The van der Waals surface area contributed by atoms with Gasteiger partial charge in [0.2, 0.25) is 0 Å². The van der Waals surface area contributed by atoms with Gasteiger partial charge in [0.25, 0.3) is 0 Å². The fourth-order valence-corrected chi connectivity index (χ4v) is 2.81. The molecule has 1 aromatic carbocycles. The summed E-state index contributed by atoms with van der Waals surface area (Å²) in [6.07, 6.45) is -0.389. The minimum Gasteiger partial charge on any atom is -0.410 e. The Labute approximate surface area is 159 Å². The van der Waals surface area contributed by atoms with E-state index in [1.54, 1.807) is 29.2 Å². The van der Waals surface area contributed by atoms with Gasteiger partial charge in [0, 0.05) is 29.5 Å². The molecule has 0 spiro atoms. The number of amides is 1. The number of hydrogen-bond donors (Lipinski definition) is 2. The van der Waals surface area contributed by atoms with E-state index in [-0.39, 0.29) is 16.8 Å². The van der Waals surface area contributed by atoms with Gasteiger partial charge < -0.3 is 20.7 Å². The van der Waals surface area contributed by atoms with Crippen LogP contribution in [-0.4, -0.2) is 28.1 Å². The molecule has 6 nitrogen and oxygen atoms in total. The lowest BCUT2D eigenvalue weighted by Crippen LogP contribution is -2.46. The van der Waals surface area contributed by atoms with Crippen molar-refractivity contribution in [3.05, 3.63) is 41.2 Å².